The van der Waals surface area contributed by atoms with Gasteiger partial charge >= 0.3 is 0 Å². The van der Waals surface area contributed by atoms with Crippen molar-refractivity contribution in [3.8, 4) is 0 Å². The topological polar surface area (TPSA) is 12.9 Å². The number of aromatic nitrogens is 1. The minimum atomic E-state index is 1.03. The van der Waals surface area contributed by atoms with Crippen LogP contribution in [0, 0.1) is 6.92 Å². The predicted octanol–water partition coefficient (Wildman–Crippen LogP) is 4.63. The van der Waals surface area contributed by atoms with Crippen LogP contribution in [0.3, 0.4) is 0 Å². The quantitative estimate of drug-likeness (QED) is 0.743. The molecule has 0 spiro atoms. The van der Waals surface area contributed by atoms with Gasteiger partial charge in [-0.2, -0.15) is 0 Å². The summed E-state index contributed by atoms with van der Waals surface area (Å²) in [5, 5.41) is 1.18. The highest BCUT2D eigenvalue weighted by Crippen LogP contribution is 2.28. The normalized spacial score (nSPS) is 10.9. The van der Waals surface area contributed by atoms with E-state index in [4.69, 9.17) is 0 Å². The maximum atomic E-state index is 4.62. The summed E-state index contributed by atoms with van der Waals surface area (Å²) in [7, 11) is 0. The molecule has 1 nitrogen and oxygen atoms in total. The fraction of sp³-hybridized carbons (Fsp3) is 0.250. The molecule has 15 heavy (non-hydrogen) atoms. The minimum absolute atomic E-state index is 1.03. The Labute approximate surface area is 106 Å². The van der Waals surface area contributed by atoms with Crippen molar-refractivity contribution in [2.75, 3.05) is 0 Å². The van der Waals surface area contributed by atoms with Gasteiger partial charge in [0.2, 0.25) is 0 Å². The molecule has 0 saturated carbocycles. The van der Waals surface area contributed by atoms with Crippen molar-refractivity contribution < 1.29 is 0 Å². The number of benzene rings is 1. The SMILES string of the molecule is CCc1cc2cc(Br)cc(Br)c2nc1C. The van der Waals surface area contributed by atoms with E-state index in [1.807, 2.05) is 6.07 Å². The number of pyridine rings is 1. The fourth-order valence-electron chi connectivity index (χ4n) is 1.70. The van der Waals surface area contributed by atoms with Gasteiger partial charge in [-0.25, -0.2) is 0 Å². The zero-order valence-corrected chi connectivity index (χ0v) is 11.8. The van der Waals surface area contributed by atoms with Gasteiger partial charge in [0.1, 0.15) is 0 Å². The summed E-state index contributed by atoms with van der Waals surface area (Å²) in [5.41, 5.74) is 3.47. The Morgan fingerprint density at radius 2 is 1.93 bits per heavy atom. The van der Waals surface area contributed by atoms with E-state index in [9.17, 15) is 0 Å². The summed E-state index contributed by atoms with van der Waals surface area (Å²) >= 11 is 7.03. The third kappa shape index (κ3) is 2.08. The number of aryl methyl sites for hydroxylation is 2. The smallest absolute Gasteiger partial charge is 0.0848 e. The van der Waals surface area contributed by atoms with E-state index in [1.54, 1.807) is 0 Å². The van der Waals surface area contributed by atoms with Crippen LogP contribution in [0.1, 0.15) is 18.2 Å². The number of rotatable bonds is 1. The van der Waals surface area contributed by atoms with E-state index in [2.05, 4.69) is 62.8 Å². The molecule has 0 fully saturated rings. The lowest BCUT2D eigenvalue weighted by Crippen LogP contribution is -1.92. The molecule has 0 aliphatic rings. The molecule has 0 aliphatic carbocycles. The van der Waals surface area contributed by atoms with Crippen molar-refractivity contribution in [1.29, 1.82) is 0 Å². The first kappa shape index (κ1) is 11.1. The van der Waals surface area contributed by atoms with Gasteiger partial charge in [-0.15, -0.1) is 0 Å². The summed E-state index contributed by atoms with van der Waals surface area (Å²) in [6, 6.07) is 6.35. The molecule has 78 valence electrons. The van der Waals surface area contributed by atoms with Crippen molar-refractivity contribution in [2.45, 2.75) is 20.3 Å². The van der Waals surface area contributed by atoms with Gasteiger partial charge in [-0.1, -0.05) is 22.9 Å². The molecule has 0 radical (unpaired) electrons. The maximum absolute atomic E-state index is 4.62. The highest BCUT2D eigenvalue weighted by molar-refractivity contribution is 9.11. The van der Waals surface area contributed by atoms with Crippen molar-refractivity contribution >= 4 is 42.8 Å². The zero-order valence-electron chi connectivity index (χ0n) is 8.64. The number of nitrogens with zero attached hydrogens (tertiary/aromatic N) is 1. The largest absolute Gasteiger partial charge is 0.252 e. The van der Waals surface area contributed by atoms with Gasteiger partial charge in [0.05, 0.1) is 5.52 Å². The Balaban J connectivity index is 2.81. The van der Waals surface area contributed by atoms with E-state index in [0.717, 1.165) is 26.6 Å². The Bertz CT molecular complexity index is 521. The van der Waals surface area contributed by atoms with Crippen LogP contribution in [-0.4, -0.2) is 4.98 Å². The molecule has 1 aromatic heterocycles. The standard InChI is InChI=1S/C12H11Br2N/c1-3-8-4-9-5-10(13)6-11(14)12(9)15-7(8)2/h4-6H,3H2,1-2H3. The molecule has 0 N–H and O–H groups in total. The molecule has 1 heterocycles. The molecule has 0 atom stereocenters. The van der Waals surface area contributed by atoms with Crippen LogP contribution in [-0.2, 0) is 6.42 Å². The molecule has 0 amide bonds. The van der Waals surface area contributed by atoms with Crippen LogP contribution in [0.15, 0.2) is 27.1 Å². The summed E-state index contributed by atoms with van der Waals surface area (Å²) in [5.74, 6) is 0. The van der Waals surface area contributed by atoms with E-state index >= 15 is 0 Å². The van der Waals surface area contributed by atoms with Crippen molar-refractivity contribution in [1.82, 2.24) is 4.98 Å². The van der Waals surface area contributed by atoms with Gasteiger partial charge in [0.15, 0.2) is 0 Å². The predicted molar refractivity (Wildman–Crippen MR) is 71.3 cm³/mol. The summed E-state index contributed by atoms with van der Waals surface area (Å²) < 4.78 is 2.12. The van der Waals surface area contributed by atoms with Crippen molar-refractivity contribution in [3.05, 3.63) is 38.4 Å². The number of hydrogen-bond acceptors (Lipinski definition) is 1. The number of halogens is 2. The second-order valence-electron chi connectivity index (χ2n) is 3.55. The average molecular weight is 329 g/mol. The van der Waals surface area contributed by atoms with Crippen molar-refractivity contribution in [3.63, 3.8) is 0 Å². The molecule has 0 aliphatic heterocycles. The van der Waals surface area contributed by atoms with Crippen LogP contribution in [0.25, 0.3) is 10.9 Å². The lowest BCUT2D eigenvalue weighted by Gasteiger charge is -2.07. The summed E-state index contributed by atoms with van der Waals surface area (Å²) in [4.78, 5) is 4.62. The van der Waals surface area contributed by atoms with E-state index in [1.165, 1.54) is 10.9 Å². The Morgan fingerprint density at radius 3 is 2.60 bits per heavy atom. The van der Waals surface area contributed by atoms with E-state index < -0.39 is 0 Å². The Kier molecular flexibility index (Phi) is 3.12. The Hall–Kier alpha value is -0.410. The van der Waals surface area contributed by atoms with Gasteiger partial charge < -0.3 is 0 Å². The molecule has 2 aromatic rings. The molecule has 0 bridgehead atoms. The Morgan fingerprint density at radius 1 is 1.20 bits per heavy atom. The maximum Gasteiger partial charge on any atom is 0.0848 e. The molecule has 2 rings (SSSR count). The third-order valence-electron chi connectivity index (χ3n) is 2.51. The molecule has 1 aromatic carbocycles. The van der Waals surface area contributed by atoms with Gasteiger partial charge in [-0.3, -0.25) is 4.98 Å². The lowest BCUT2D eigenvalue weighted by molar-refractivity contribution is 1.07. The average Bonchev–Trinajstić information content (AvgIpc) is 2.18. The van der Waals surface area contributed by atoms with E-state index in [0.29, 0.717) is 0 Å². The third-order valence-corrected chi connectivity index (χ3v) is 3.57. The first-order valence-electron chi connectivity index (χ1n) is 4.87. The molecule has 3 heteroatoms. The first-order chi connectivity index (χ1) is 7.11. The van der Waals surface area contributed by atoms with Crippen LogP contribution in [0.2, 0.25) is 0 Å². The van der Waals surface area contributed by atoms with Gasteiger partial charge in [0.25, 0.3) is 0 Å². The zero-order chi connectivity index (χ0) is 11.0. The van der Waals surface area contributed by atoms with Crippen LogP contribution < -0.4 is 0 Å². The van der Waals surface area contributed by atoms with E-state index in [-0.39, 0.29) is 0 Å². The van der Waals surface area contributed by atoms with Crippen molar-refractivity contribution in [2.24, 2.45) is 0 Å². The van der Waals surface area contributed by atoms with Gasteiger partial charge in [0, 0.05) is 20.0 Å². The molecular formula is C12H11Br2N. The summed E-state index contributed by atoms with van der Waals surface area (Å²) in [6.45, 7) is 4.22. The number of fused-ring (bicyclic) bond motifs is 1. The van der Waals surface area contributed by atoms with Gasteiger partial charge in [-0.05, 0) is 53.0 Å². The lowest BCUT2D eigenvalue weighted by atomic mass is 10.1. The molecule has 0 unspecified atom stereocenters. The second-order valence-corrected chi connectivity index (χ2v) is 5.32. The summed E-state index contributed by atoms with van der Waals surface area (Å²) in [6.07, 6.45) is 1.03. The second kappa shape index (κ2) is 4.22. The monoisotopic (exact) mass is 327 g/mol. The highest BCUT2D eigenvalue weighted by Gasteiger charge is 2.05. The molecular weight excluding hydrogens is 318 g/mol. The van der Waals surface area contributed by atoms with Crippen LogP contribution >= 0.6 is 31.9 Å². The van der Waals surface area contributed by atoms with Crippen LogP contribution in [0.4, 0.5) is 0 Å². The minimum Gasteiger partial charge on any atom is -0.252 e. The highest BCUT2D eigenvalue weighted by atomic mass is 79.9. The first-order valence-corrected chi connectivity index (χ1v) is 6.45. The van der Waals surface area contributed by atoms with Crippen LogP contribution in [0.5, 0.6) is 0 Å². The number of hydrogen-bond donors (Lipinski definition) is 0. The molecule has 0 saturated heterocycles. The fourth-order valence-corrected chi connectivity index (χ4v) is 3.05.